The Hall–Kier alpha value is -3.60. The van der Waals surface area contributed by atoms with Gasteiger partial charge in [0.25, 0.3) is 11.5 Å². The average Bonchev–Trinajstić information content (AvgIpc) is 2.74. The van der Waals surface area contributed by atoms with E-state index < -0.39 is 46.3 Å². The van der Waals surface area contributed by atoms with E-state index in [4.69, 9.17) is 10.1 Å². The van der Waals surface area contributed by atoms with Crippen molar-refractivity contribution in [3.8, 4) is 5.75 Å². The zero-order chi connectivity index (χ0) is 23.3. The zero-order valence-electron chi connectivity index (χ0n) is 17.5. The maximum Gasteiger partial charge on any atom is 0.294 e. The first-order valence-corrected chi connectivity index (χ1v) is 9.20. The van der Waals surface area contributed by atoms with Gasteiger partial charge < -0.3 is 30.5 Å². The van der Waals surface area contributed by atoms with E-state index in [9.17, 15) is 23.9 Å². The van der Waals surface area contributed by atoms with Crippen molar-refractivity contribution in [1.29, 1.82) is 5.41 Å². The second-order valence-corrected chi connectivity index (χ2v) is 6.97. The van der Waals surface area contributed by atoms with Gasteiger partial charge in [0.05, 0.1) is 0 Å². The number of ether oxygens (including phenoxy) is 1. The first-order chi connectivity index (χ1) is 14.6. The number of H-pyrrole nitrogens is 1. The Morgan fingerprint density at radius 3 is 2.55 bits per heavy atom. The number of aromatic hydroxyl groups is 1. The van der Waals surface area contributed by atoms with Crippen LogP contribution in [0.25, 0.3) is 0 Å². The number of nitrogens with zero attached hydrogens (tertiary/aromatic N) is 2. The van der Waals surface area contributed by atoms with E-state index in [2.05, 4.69) is 15.3 Å². The molecular formula is C20H24FN5O5. The second-order valence-electron chi connectivity index (χ2n) is 6.97. The third kappa shape index (κ3) is 4.77. The van der Waals surface area contributed by atoms with Gasteiger partial charge in [0, 0.05) is 33.8 Å². The molecule has 11 heteroatoms. The summed E-state index contributed by atoms with van der Waals surface area (Å²) in [6, 6.07) is 5.40. The van der Waals surface area contributed by atoms with Gasteiger partial charge in [-0.05, 0) is 24.6 Å². The summed E-state index contributed by atoms with van der Waals surface area (Å²) in [5.41, 5.74) is -2.45. The van der Waals surface area contributed by atoms with Crippen LogP contribution in [0.5, 0.6) is 5.75 Å². The van der Waals surface area contributed by atoms with E-state index in [-0.39, 0.29) is 12.4 Å². The number of hydrogen-bond acceptors (Lipinski definition) is 7. The van der Waals surface area contributed by atoms with Crippen LogP contribution in [0.3, 0.4) is 0 Å². The predicted molar refractivity (Wildman–Crippen MR) is 109 cm³/mol. The summed E-state index contributed by atoms with van der Waals surface area (Å²) in [7, 11) is 2.75. The molecule has 0 bridgehead atoms. The summed E-state index contributed by atoms with van der Waals surface area (Å²) >= 11 is 0. The number of likely N-dealkylation sites (N-methyl/N-ethyl adjacent to an activating group) is 1. The molecule has 1 heterocycles. The normalized spacial score (nSPS) is 13.7. The fourth-order valence-electron chi connectivity index (χ4n) is 3.00. The van der Waals surface area contributed by atoms with Gasteiger partial charge in [-0.1, -0.05) is 12.1 Å². The smallest absolute Gasteiger partial charge is 0.294 e. The Morgan fingerprint density at radius 1 is 1.42 bits per heavy atom. The van der Waals surface area contributed by atoms with Crippen LogP contribution in [0.2, 0.25) is 0 Å². The van der Waals surface area contributed by atoms with E-state index in [1.165, 1.54) is 57.2 Å². The first kappa shape index (κ1) is 23.7. The van der Waals surface area contributed by atoms with E-state index in [0.717, 1.165) is 6.21 Å². The molecular weight excluding hydrogens is 409 g/mol. The number of rotatable bonds is 8. The summed E-state index contributed by atoms with van der Waals surface area (Å²) in [6.45, 7) is 2.78. The van der Waals surface area contributed by atoms with Crippen LogP contribution in [0.15, 0.2) is 29.1 Å². The molecule has 2 atom stereocenters. The standard InChI is InChI=1S/C20H24FN5O5/c1-11(27)26(3)20(2,14(9-22)31-4)19-24-15(16(28)18(30)25-19)17(29)23-10-12-5-7-13(21)8-6-12/h5-9,14,22,28H,10H2,1-4H3,(H,23,29)(H,24,25,30). The topological polar surface area (TPSA) is 148 Å². The largest absolute Gasteiger partial charge is 0.501 e. The molecule has 0 fully saturated rings. The van der Waals surface area contributed by atoms with Crippen molar-refractivity contribution in [2.45, 2.75) is 32.0 Å². The van der Waals surface area contributed by atoms with E-state index in [0.29, 0.717) is 5.56 Å². The Balaban J connectivity index is 2.49. The second kappa shape index (κ2) is 9.47. The van der Waals surface area contributed by atoms with Gasteiger partial charge in [0.2, 0.25) is 11.7 Å². The van der Waals surface area contributed by atoms with Crippen LogP contribution in [0.4, 0.5) is 4.39 Å². The molecule has 0 saturated heterocycles. The van der Waals surface area contributed by atoms with E-state index in [1.807, 2.05) is 0 Å². The van der Waals surface area contributed by atoms with Crippen LogP contribution in [-0.4, -0.2) is 58.3 Å². The molecule has 0 aliphatic rings. The van der Waals surface area contributed by atoms with Gasteiger partial charge in [-0.2, -0.15) is 0 Å². The quantitative estimate of drug-likeness (QED) is 0.455. The molecule has 2 aromatic rings. The highest BCUT2D eigenvalue weighted by molar-refractivity contribution is 5.94. The first-order valence-electron chi connectivity index (χ1n) is 9.20. The number of carbonyl (C=O) groups excluding carboxylic acids is 2. The minimum Gasteiger partial charge on any atom is -0.501 e. The molecule has 2 amide bonds. The summed E-state index contributed by atoms with van der Waals surface area (Å²) in [6.07, 6.45) is -0.0927. The number of carbonyl (C=O) groups is 2. The van der Waals surface area contributed by atoms with Gasteiger partial charge >= 0.3 is 0 Å². The van der Waals surface area contributed by atoms with Crippen LogP contribution in [-0.2, 0) is 21.6 Å². The highest BCUT2D eigenvalue weighted by Gasteiger charge is 2.44. The summed E-state index contributed by atoms with van der Waals surface area (Å²) in [5, 5.41) is 20.3. The van der Waals surface area contributed by atoms with E-state index >= 15 is 0 Å². The number of benzene rings is 1. The van der Waals surface area contributed by atoms with Gasteiger partial charge in [-0.15, -0.1) is 0 Å². The number of methoxy groups -OCH3 is 1. The van der Waals surface area contributed by atoms with Crippen molar-refractivity contribution in [2.24, 2.45) is 0 Å². The molecule has 2 unspecified atom stereocenters. The fourth-order valence-corrected chi connectivity index (χ4v) is 3.00. The van der Waals surface area contributed by atoms with Gasteiger partial charge in [0.1, 0.15) is 23.3 Å². The Bertz CT molecular complexity index is 1040. The SMILES string of the molecule is COC(C=N)C(C)(c1nc(C(=O)NCc2ccc(F)cc2)c(O)c(=O)[nH]1)N(C)C(C)=O. The molecule has 1 aromatic carbocycles. The minimum absolute atomic E-state index is 0.00578. The Labute approximate surface area is 177 Å². The number of aromatic amines is 1. The number of halogens is 1. The lowest BCUT2D eigenvalue weighted by Crippen LogP contribution is -2.55. The lowest BCUT2D eigenvalue weighted by atomic mass is 9.91. The van der Waals surface area contributed by atoms with Crippen molar-refractivity contribution in [3.63, 3.8) is 0 Å². The van der Waals surface area contributed by atoms with Crippen molar-refractivity contribution in [1.82, 2.24) is 20.2 Å². The van der Waals surface area contributed by atoms with Gasteiger partial charge in [-0.25, -0.2) is 9.37 Å². The zero-order valence-corrected chi connectivity index (χ0v) is 17.5. The lowest BCUT2D eigenvalue weighted by molar-refractivity contribution is -0.137. The average molecular weight is 433 g/mol. The number of aromatic nitrogens is 2. The Morgan fingerprint density at radius 2 is 2.03 bits per heavy atom. The van der Waals surface area contributed by atoms with Crippen molar-refractivity contribution >= 4 is 18.0 Å². The van der Waals surface area contributed by atoms with Crippen LogP contribution in [0.1, 0.15) is 35.7 Å². The number of nitrogens with one attached hydrogen (secondary N) is 3. The van der Waals surface area contributed by atoms with Gasteiger partial charge in [-0.3, -0.25) is 14.4 Å². The third-order valence-electron chi connectivity index (χ3n) is 5.08. The number of amides is 2. The summed E-state index contributed by atoms with van der Waals surface area (Å²) in [5.74, 6) is -2.76. The maximum atomic E-state index is 13.0. The minimum atomic E-state index is -1.47. The van der Waals surface area contributed by atoms with Crippen molar-refractivity contribution < 1.29 is 23.8 Å². The van der Waals surface area contributed by atoms with Crippen LogP contribution in [0, 0.1) is 11.2 Å². The maximum absolute atomic E-state index is 13.0. The molecule has 166 valence electrons. The summed E-state index contributed by atoms with van der Waals surface area (Å²) < 4.78 is 18.3. The van der Waals surface area contributed by atoms with Crippen molar-refractivity contribution in [2.75, 3.05) is 14.2 Å². The van der Waals surface area contributed by atoms with Crippen molar-refractivity contribution in [3.05, 3.63) is 57.5 Å². The highest BCUT2D eigenvalue weighted by Crippen LogP contribution is 2.30. The monoisotopic (exact) mass is 433 g/mol. The molecule has 10 nitrogen and oxygen atoms in total. The predicted octanol–water partition coefficient (Wildman–Crippen LogP) is 0.903. The highest BCUT2D eigenvalue weighted by atomic mass is 19.1. The molecule has 0 radical (unpaired) electrons. The number of hydrogen-bond donors (Lipinski definition) is 4. The molecule has 0 saturated carbocycles. The molecule has 0 spiro atoms. The van der Waals surface area contributed by atoms with Crippen LogP contribution >= 0.6 is 0 Å². The molecule has 31 heavy (non-hydrogen) atoms. The molecule has 4 N–H and O–H groups in total. The van der Waals surface area contributed by atoms with Gasteiger partial charge in [0.15, 0.2) is 5.69 Å². The molecule has 0 aliphatic heterocycles. The van der Waals surface area contributed by atoms with E-state index in [1.54, 1.807) is 0 Å². The molecule has 1 aromatic heterocycles. The van der Waals surface area contributed by atoms with Crippen LogP contribution < -0.4 is 10.9 Å². The third-order valence-corrected chi connectivity index (χ3v) is 5.08. The lowest BCUT2D eigenvalue weighted by Gasteiger charge is -2.41. The summed E-state index contributed by atoms with van der Waals surface area (Å²) in [4.78, 5) is 44.7. The fraction of sp³-hybridized carbons (Fsp3) is 0.350. The molecule has 2 rings (SSSR count). The Kier molecular flexibility index (Phi) is 7.24. The molecule has 0 aliphatic carbocycles.